The molecule has 0 atom stereocenters. The molecule has 1 aliphatic rings. The Balaban J connectivity index is 2.14. The van der Waals surface area contributed by atoms with Crippen LogP contribution >= 0.6 is 0 Å². The number of alkyl halides is 3. The van der Waals surface area contributed by atoms with Crippen molar-refractivity contribution in [3.8, 4) is 0 Å². The van der Waals surface area contributed by atoms with Crippen LogP contribution in [0.2, 0.25) is 0 Å². The summed E-state index contributed by atoms with van der Waals surface area (Å²) in [4.78, 5) is 16.7. The second-order valence-electron chi connectivity index (χ2n) is 6.14. The number of rotatable bonds is 6. The monoisotopic (exact) mass is 395 g/mol. The van der Waals surface area contributed by atoms with E-state index in [-0.39, 0.29) is 42.7 Å². The molecule has 0 aliphatic carbocycles. The quantitative estimate of drug-likeness (QED) is 0.747. The molecule has 0 fully saturated rings. The van der Waals surface area contributed by atoms with Crippen LogP contribution in [0.25, 0.3) is 6.08 Å². The van der Waals surface area contributed by atoms with Gasteiger partial charge in [0.15, 0.2) is 0 Å². The summed E-state index contributed by atoms with van der Waals surface area (Å²) in [5.74, 6) is -1.05. The Bertz CT molecular complexity index is 928. The Hall–Kier alpha value is -2.94. The Morgan fingerprint density at radius 2 is 2.11 bits per heavy atom. The normalized spacial score (nSPS) is 13.2. The number of carbonyl (C=O) groups is 1. The second-order valence-corrected chi connectivity index (χ2v) is 6.14. The van der Waals surface area contributed by atoms with Crippen molar-refractivity contribution in [3.63, 3.8) is 0 Å². The smallest absolute Gasteiger partial charge is 0.383 e. The molecular formula is C19H17F4N3O2. The fraction of sp³-hybridized carbons (Fsp3) is 0.263. The van der Waals surface area contributed by atoms with Gasteiger partial charge >= 0.3 is 6.18 Å². The van der Waals surface area contributed by atoms with E-state index < -0.39 is 17.7 Å². The fourth-order valence-corrected chi connectivity index (χ4v) is 2.97. The number of ether oxygens (including phenoxy) is 1. The average molecular weight is 395 g/mol. The fourth-order valence-electron chi connectivity index (χ4n) is 2.97. The highest BCUT2D eigenvalue weighted by Gasteiger charge is 2.34. The number of fused-ring (bicyclic) bond motifs is 1. The van der Waals surface area contributed by atoms with Crippen molar-refractivity contribution in [3.05, 3.63) is 53.5 Å². The molecule has 0 bridgehead atoms. The summed E-state index contributed by atoms with van der Waals surface area (Å²) in [5.41, 5.74) is 0.0452. The molecule has 2 heterocycles. The highest BCUT2D eigenvalue weighted by Crippen LogP contribution is 2.36. The van der Waals surface area contributed by atoms with Crippen molar-refractivity contribution in [2.45, 2.75) is 12.6 Å². The predicted octanol–water partition coefficient (Wildman–Crippen LogP) is 4.16. The first-order valence-corrected chi connectivity index (χ1v) is 8.34. The lowest BCUT2D eigenvalue weighted by Gasteiger charge is -2.26. The molecule has 2 aromatic rings. The number of amides is 1. The lowest BCUT2D eigenvalue weighted by molar-refractivity contribution is -0.141. The van der Waals surface area contributed by atoms with Crippen LogP contribution in [-0.2, 0) is 22.1 Å². The molecular weight excluding hydrogens is 378 g/mol. The highest BCUT2D eigenvalue weighted by molar-refractivity contribution is 6.00. The first kappa shape index (κ1) is 19.8. The largest absolute Gasteiger partial charge is 0.433 e. The third-order valence-corrected chi connectivity index (χ3v) is 4.27. The van der Waals surface area contributed by atoms with Crippen molar-refractivity contribution in [1.82, 2.24) is 4.98 Å². The van der Waals surface area contributed by atoms with Crippen molar-refractivity contribution >= 4 is 29.2 Å². The van der Waals surface area contributed by atoms with Gasteiger partial charge in [-0.15, -0.1) is 0 Å². The standard InChI is InChI=1S/C19H17F4N3O2/c1-3-11-4-5-15(19(21,22)23)24-18(11)26(6-7-28-2)13-8-12-9-16(27)25-17(12)14(20)10-13/h3-5,8,10H,1,6-7,9H2,2H3,(H,25,27). The maximum Gasteiger partial charge on any atom is 0.433 e. The maximum atomic E-state index is 14.5. The van der Waals surface area contributed by atoms with Gasteiger partial charge in [0, 0.05) is 24.9 Å². The summed E-state index contributed by atoms with van der Waals surface area (Å²) in [6, 6.07) is 4.82. The molecule has 0 saturated heterocycles. The first-order chi connectivity index (χ1) is 13.2. The predicted molar refractivity (Wildman–Crippen MR) is 96.9 cm³/mol. The van der Waals surface area contributed by atoms with Crippen LogP contribution in [0.4, 0.5) is 34.8 Å². The summed E-state index contributed by atoms with van der Waals surface area (Å²) in [5, 5.41) is 2.43. The van der Waals surface area contributed by atoms with Gasteiger partial charge in [-0.1, -0.05) is 12.7 Å². The molecule has 148 valence electrons. The van der Waals surface area contributed by atoms with Crippen molar-refractivity contribution in [2.75, 3.05) is 30.5 Å². The van der Waals surface area contributed by atoms with Crippen LogP contribution in [-0.4, -0.2) is 31.2 Å². The average Bonchev–Trinajstić information content (AvgIpc) is 3.02. The number of halogens is 4. The summed E-state index contributed by atoms with van der Waals surface area (Å²) in [6.07, 6.45) is -3.28. The molecule has 1 N–H and O–H groups in total. The van der Waals surface area contributed by atoms with E-state index >= 15 is 0 Å². The van der Waals surface area contributed by atoms with Crippen molar-refractivity contribution in [1.29, 1.82) is 0 Å². The van der Waals surface area contributed by atoms with Crippen LogP contribution in [0, 0.1) is 5.82 Å². The number of nitrogens with zero attached hydrogens (tertiary/aromatic N) is 2. The minimum atomic E-state index is -4.64. The number of aromatic nitrogens is 1. The van der Waals surface area contributed by atoms with Gasteiger partial charge in [-0.3, -0.25) is 4.79 Å². The highest BCUT2D eigenvalue weighted by atomic mass is 19.4. The van der Waals surface area contributed by atoms with Crippen LogP contribution in [0.15, 0.2) is 30.8 Å². The summed E-state index contributed by atoms with van der Waals surface area (Å²) in [6.45, 7) is 3.89. The number of hydrogen-bond acceptors (Lipinski definition) is 4. The number of carbonyl (C=O) groups excluding carboxylic acids is 1. The molecule has 28 heavy (non-hydrogen) atoms. The van der Waals surface area contributed by atoms with Gasteiger partial charge in [-0.25, -0.2) is 9.37 Å². The molecule has 1 aromatic heterocycles. The summed E-state index contributed by atoms with van der Waals surface area (Å²) >= 11 is 0. The van der Waals surface area contributed by atoms with Crippen molar-refractivity contribution < 1.29 is 27.1 Å². The van der Waals surface area contributed by atoms with E-state index in [4.69, 9.17) is 4.74 Å². The zero-order valence-corrected chi connectivity index (χ0v) is 14.9. The van der Waals surface area contributed by atoms with E-state index in [1.165, 1.54) is 24.2 Å². The van der Waals surface area contributed by atoms with Gasteiger partial charge in [0.1, 0.15) is 17.3 Å². The molecule has 0 radical (unpaired) electrons. The third-order valence-electron chi connectivity index (χ3n) is 4.27. The number of hydrogen-bond donors (Lipinski definition) is 1. The Labute approximate surface area is 158 Å². The second kappa shape index (κ2) is 7.59. The molecule has 1 aromatic carbocycles. The zero-order chi connectivity index (χ0) is 20.5. The van der Waals surface area contributed by atoms with E-state index in [1.54, 1.807) is 6.07 Å². The third kappa shape index (κ3) is 3.84. The van der Waals surface area contributed by atoms with Gasteiger partial charge in [0.25, 0.3) is 0 Å². The minimum Gasteiger partial charge on any atom is -0.383 e. The maximum absolute atomic E-state index is 14.5. The summed E-state index contributed by atoms with van der Waals surface area (Å²) < 4.78 is 59.0. The lowest BCUT2D eigenvalue weighted by atomic mass is 10.1. The van der Waals surface area contributed by atoms with Crippen LogP contribution in [0.3, 0.4) is 0 Å². The number of nitrogens with one attached hydrogen (secondary N) is 1. The van der Waals surface area contributed by atoms with Crippen LogP contribution < -0.4 is 10.2 Å². The molecule has 0 spiro atoms. The number of methoxy groups -OCH3 is 1. The van der Waals surface area contributed by atoms with E-state index in [0.29, 0.717) is 11.1 Å². The van der Waals surface area contributed by atoms with E-state index in [2.05, 4.69) is 16.9 Å². The van der Waals surface area contributed by atoms with Gasteiger partial charge < -0.3 is 15.0 Å². The van der Waals surface area contributed by atoms with Crippen LogP contribution in [0.1, 0.15) is 16.8 Å². The minimum absolute atomic E-state index is 0.0114. The van der Waals surface area contributed by atoms with Gasteiger partial charge in [0.05, 0.1) is 18.7 Å². The zero-order valence-electron chi connectivity index (χ0n) is 14.9. The van der Waals surface area contributed by atoms with Gasteiger partial charge in [-0.2, -0.15) is 13.2 Å². The van der Waals surface area contributed by atoms with Gasteiger partial charge in [0.2, 0.25) is 5.91 Å². The number of benzene rings is 1. The Morgan fingerprint density at radius 1 is 1.36 bits per heavy atom. The number of anilines is 3. The van der Waals surface area contributed by atoms with E-state index in [9.17, 15) is 22.4 Å². The van der Waals surface area contributed by atoms with E-state index in [1.807, 2.05) is 0 Å². The summed E-state index contributed by atoms with van der Waals surface area (Å²) in [7, 11) is 1.44. The molecule has 0 saturated carbocycles. The Morgan fingerprint density at radius 3 is 2.75 bits per heavy atom. The SMILES string of the molecule is C=Cc1ccc(C(F)(F)F)nc1N(CCOC)c1cc(F)c2c(c1)CC(=O)N2. The van der Waals surface area contributed by atoms with Crippen molar-refractivity contribution in [2.24, 2.45) is 0 Å². The molecule has 3 rings (SSSR count). The molecule has 0 unspecified atom stereocenters. The first-order valence-electron chi connectivity index (χ1n) is 8.34. The Kier molecular flexibility index (Phi) is 5.37. The molecule has 1 aliphatic heterocycles. The van der Waals surface area contributed by atoms with E-state index in [0.717, 1.165) is 12.1 Å². The lowest BCUT2D eigenvalue weighted by Crippen LogP contribution is -2.25. The molecule has 9 heteroatoms. The topological polar surface area (TPSA) is 54.5 Å². The molecule has 5 nitrogen and oxygen atoms in total. The molecule has 1 amide bonds. The number of pyridine rings is 1. The van der Waals surface area contributed by atoms with Gasteiger partial charge in [-0.05, 0) is 29.8 Å². The van der Waals surface area contributed by atoms with Crippen LogP contribution in [0.5, 0.6) is 0 Å².